The molecular weight excluding hydrogens is 252 g/mol. The molecule has 4 nitrogen and oxygen atoms in total. The first-order chi connectivity index (χ1) is 9.49. The number of urea groups is 1. The Morgan fingerprint density at radius 1 is 1.30 bits per heavy atom. The lowest BCUT2D eigenvalue weighted by molar-refractivity contribution is 0.101. The lowest BCUT2D eigenvalue weighted by atomic mass is 9.92. The summed E-state index contributed by atoms with van der Waals surface area (Å²) in [5.74, 6) is 0.527. The van der Waals surface area contributed by atoms with Gasteiger partial charge >= 0.3 is 6.03 Å². The number of hydrogen-bond donors (Lipinski definition) is 1. The molecule has 1 aromatic carbocycles. The van der Waals surface area contributed by atoms with Crippen LogP contribution in [-0.2, 0) is 0 Å². The van der Waals surface area contributed by atoms with Gasteiger partial charge in [0, 0.05) is 23.8 Å². The number of benzene rings is 1. The first kappa shape index (κ1) is 14.6. The fourth-order valence-corrected chi connectivity index (χ4v) is 2.63. The van der Waals surface area contributed by atoms with Crippen molar-refractivity contribution in [1.82, 2.24) is 4.90 Å². The maximum absolute atomic E-state index is 12.3. The molecule has 1 fully saturated rings. The van der Waals surface area contributed by atoms with Crippen molar-refractivity contribution in [2.75, 3.05) is 11.9 Å². The van der Waals surface area contributed by atoms with Crippen LogP contribution in [0.4, 0.5) is 10.5 Å². The predicted octanol–water partition coefficient (Wildman–Crippen LogP) is 3.54. The number of ketones is 1. The summed E-state index contributed by atoms with van der Waals surface area (Å²) < 4.78 is 0. The molecule has 0 radical (unpaired) electrons. The van der Waals surface area contributed by atoms with Crippen molar-refractivity contribution in [3.8, 4) is 0 Å². The van der Waals surface area contributed by atoms with Crippen LogP contribution in [-0.4, -0.2) is 29.3 Å². The summed E-state index contributed by atoms with van der Waals surface area (Å²) in [6.07, 6.45) is 2.22. The molecule has 2 amide bonds. The molecule has 2 unspecified atom stereocenters. The Morgan fingerprint density at radius 2 is 2.05 bits per heavy atom. The van der Waals surface area contributed by atoms with Crippen molar-refractivity contribution in [3.63, 3.8) is 0 Å². The van der Waals surface area contributed by atoms with Crippen molar-refractivity contribution in [2.45, 2.75) is 39.7 Å². The van der Waals surface area contributed by atoms with E-state index in [1.54, 1.807) is 18.2 Å². The van der Waals surface area contributed by atoms with E-state index in [4.69, 9.17) is 0 Å². The van der Waals surface area contributed by atoms with Gasteiger partial charge < -0.3 is 10.2 Å². The van der Waals surface area contributed by atoms with Gasteiger partial charge in [-0.3, -0.25) is 4.79 Å². The standard InChI is InChI=1S/C16H22N2O2/c1-11-6-5-9-18(12(11)2)16(20)17-15-8-4-7-14(10-15)13(3)19/h4,7-8,10-12H,5-6,9H2,1-3H3,(H,17,20). The van der Waals surface area contributed by atoms with Crippen LogP contribution in [0.2, 0.25) is 0 Å². The second-order valence-electron chi connectivity index (χ2n) is 5.62. The van der Waals surface area contributed by atoms with Crippen molar-refractivity contribution in [2.24, 2.45) is 5.92 Å². The number of hydrogen-bond acceptors (Lipinski definition) is 2. The predicted molar refractivity (Wildman–Crippen MR) is 80.0 cm³/mol. The third-order valence-electron chi connectivity index (χ3n) is 4.15. The minimum absolute atomic E-state index is 0.000983. The summed E-state index contributed by atoms with van der Waals surface area (Å²) >= 11 is 0. The Hall–Kier alpha value is -1.84. The fourth-order valence-electron chi connectivity index (χ4n) is 2.63. The number of Topliss-reactive ketones (excluding diaryl/α,β-unsaturated/α-hetero) is 1. The average Bonchev–Trinajstić information content (AvgIpc) is 2.42. The quantitative estimate of drug-likeness (QED) is 0.838. The van der Waals surface area contributed by atoms with Crippen molar-refractivity contribution >= 4 is 17.5 Å². The van der Waals surface area contributed by atoms with Gasteiger partial charge in [-0.25, -0.2) is 4.79 Å². The third-order valence-corrected chi connectivity index (χ3v) is 4.15. The van der Waals surface area contributed by atoms with Gasteiger partial charge in [0.05, 0.1) is 0 Å². The van der Waals surface area contributed by atoms with E-state index in [1.165, 1.54) is 13.3 Å². The molecule has 0 saturated carbocycles. The molecule has 4 heteroatoms. The van der Waals surface area contributed by atoms with E-state index in [-0.39, 0.29) is 17.9 Å². The van der Waals surface area contributed by atoms with Gasteiger partial charge in [0.15, 0.2) is 5.78 Å². The highest BCUT2D eigenvalue weighted by atomic mass is 16.2. The Labute approximate surface area is 120 Å². The Balaban J connectivity index is 2.07. The second kappa shape index (κ2) is 6.07. The van der Waals surface area contributed by atoms with Gasteiger partial charge in [-0.1, -0.05) is 19.1 Å². The molecule has 1 aromatic rings. The average molecular weight is 274 g/mol. The van der Waals surface area contributed by atoms with E-state index in [0.29, 0.717) is 17.2 Å². The number of anilines is 1. The number of carbonyl (C=O) groups excluding carboxylic acids is 2. The monoisotopic (exact) mass is 274 g/mol. The lowest BCUT2D eigenvalue weighted by Gasteiger charge is -2.37. The minimum atomic E-state index is -0.0789. The highest BCUT2D eigenvalue weighted by Crippen LogP contribution is 2.23. The maximum Gasteiger partial charge on any atom is 0.322 e. The fraction of sp³-hybridized carbons (Fsp3) is 0.500. The highest BCUT2D eigenvalue weighted by molar-refractivity contribution is 5.96. The van der Waals surface area contributed by atoms with Crippen LogP contribution in [0.3, 0.4) is 0 Å². The molecule has 108 valence electrons. The topological polar surface area (TPSA) is 49.4 Å². The van der Waals surface area contributed by atoms with Gasteiger partial charge in [0.25, 0.3) is 0 Å². The zero-order valence-corrected chi connectivity index (χ0v) is 12.3. The van der Waals surface area contributed by atoms with Gasteiger partial charge in [0.1, 0.15) is 0 Å². The van der Waals surface area contributed by atoms with Gasteiger partial charge in [-0.2, -0.15) is 0 Å². The third kappa shape index (κ3) is 3.18. The summed E-state index contributed by atoms with van der Waals surface area (Å²) in [7, 11) is 0. The zero-order valence-electron chi connectivity index (χ0n) is 12.3. The van der Waals surface area contributed by atoms with E-state index >= 15 is 0 Å². The number of rotatable bonds is 2. The smallest absolute Gasteiger partial charge is 0.322 e. The molecule has 2 rings (SSSR count). The van der Waals surface area contributed by atoms with E-state index in [0.717, 1.165) is 13.0 Å². The number of carbonyl (C=O) groups is 2. The summed E-state index contributed by atoms with van der Waals surface area (Å²) in [6.45, 7) is 6.59. The molecule has 2 atom stereocenters. The highest BCUT2D eigenvalue weighted by Gasteiger charge is 2.28. The molecule has 1 heterocycles. The summed E-state index contributed by atoms with van der Waals surface area (Å²) in [5.41, 5.74) is 1.29. The molecule has 0 aromatic heterocycles. The molecule has 0 spiro atoms. The Morgan fingerprint density at radius 3 is 2.75 bits per heavy atom. The molecule has 20 heavy (non-hydrogen) atoms. The van der Waals surface area contributed by atoms with Crippen LogP contribution in [0.15, 0.2) is 24.3 Å². The minimum Gasteiger partial charge on any atom is -0.322 e. The SMILES string of the molecule is CC(=O)c1cccc(NC(=O)N2CCCC(C)C2C)c1. The number of amides is 2. The first-order valence-electron chi connectivity index (χ1n) is 7.17. The van der Waals surface area contributed by atoms with Crippen LogP contribution < -0.4 is 5.32 Å². The van der Waals surface area contributed by atoms with E-state index in [2.05, 4.69) is 19.2 Å². The second-order valence-corrected chi connectivity index (χ2v) is 5.62. The molecule has 1 saturated heterocycles. The van der Waals surface area contributed by atoms with Crippen LogP contribution in [0, 0.1) is 5.92 Å². The summed E-state index contributed by atoms with van der Waals surface area (Å²) in [6, 6.07) is 7.24. The Bertz CT molecular complexity index is 513. The molecule has 0 bridgehead atoms. The van der Waals surface area contributed by atoms with Crippen LogP contribution in [0.5, 0.6) is 0 Å². The van der Waals surface area contributed by atoms with Crippen LogP contribution in [0.25, 0.3) is 0 Å². The first-order valence-corrected chi connectivity index (χ1v) is 7.17. The molecule has 0 aliphatic carbocycles. The van der Waals surface area contributed by atoms with Crippen molar-refractivity contribution in [1.29, 1.82) is 0 Å². The number of piperidine rings is 1. The lowest BCUT2D eigenvalue weighted by Crippen LogP contribution is -2.47. The molecule has 1 N–H and O–H groups in total. The molecule has 1 aliphatic rings. The van der Waals surface area contributed by atoms with Crippen molar-refractivity contribution in [3.05, 3.63) is 29.8 Å². The number of nitrogens with zero attached hydrogens (tertiary/aromatic N) is 1. The van der Waals surface area contributed by atoms with E-state index in [1.807, 2.05) is 11.0 Å². The van der Waals surface area contributed by atoms with Gasteiger partial charge in [-0.15, -0.1) is 0 Å². The Kier molecular flexibility index (Phi) is 4.42. The van der Waals surface area contributed by atoms with Crippen molar-refractivity contribution < 1.29 is 9.59 Å². The number of nitrogens with one attached hydrogen (secondary N) is 1. The van der Waals surface area contributed by atoms with Gasteiger partial charge in [-0.05, 0) is 44.7 Å². The van der Waals surface area contributed by atoms with E-state index in [9.17, 15) is 9.59 Å². The molecular formula is C16H22N2O2. The summed E-state index contributed by atoms with van der Waals surface area (Å²) in [5, 5.41) is 2.89. The normalized spacial score (nSPS) is 22.4. The zero-order chi connectivity index (χ0) is 14.7. The van der Waals surface area contributed by atoms with Crippen LogP contribution in [0.1, 0.15) is 44.0 Å². The summed E-state index contributed by atoms with van der Waals surface area (Å²) in [4.78, 5) is 25.6. The largest absolute Gasteiger partial charge is 0.322 e. The van der Waals surface area contributed by atoms with Crippen LogP contribution >= 0.6 is 0 Å². The van der Waals surface area contributed by atoms with Gasteiger partial charge in [0.2, 0.25) is 0 Å². The van der Waals surface area contributed by atoms with E-state index < -0.39 is 0 Å². The number of likely N-dealkylation sites (tertiary alicyclic amines) is 1. The molecule has 1 aliphatic heterocycles. The maximum atomic E-state index is 12.3.